The Kier molecular flexibility index (Phi) is 4.84. The third-order valence-corrected chi connectivity index (χ3v) is 4.12. The first-order valence-corrected chi connectivity index (χ1v) is 7.84. The zero-order valence-electron chi connectivity index (χ0n) is 10.2. The Morgan fingerprint density at radius 3 is 2.33 bits per heavy atom. The van der Waals surface area contributed by atoms with Crippen molar-refractivity contribution in [1.29, 1.82) is 0 Å². The van der Waals surface area contributed by atoms with Crippen molar-refractivity contribution in [1.82, 2.24) is 0 Å². The van der Waals surface area contributed by atoms with Crippen molar-refractivity contribution < 1.29 is 0 Å². The second-order valence-electron chi connectivity index (χ2n) is 4.00. The van der Waals surface area contributed by atoms with Gasteiger partial charge in [0.15, 0.2) is 0 Å². The predicted molar refractivity (Wildman–Crippen MR) is 85.9 cm³/mol. The molecule has 3 heteroatoms. The van der Waals surface area contributed by atoms with Crippen LogP contribution < -0.4 is 4.90 Å². The lowest BCUT2D eigenvalue weighted by Gasteiger charge is -2.24. The molecule has 0 radical (unpaired) electrons. The number of alkyl halides is 1. The lowest BCUT2D eigenvalue weighted by molar-refractivity contribution is 1.02. The van der Waals surface area contributed by atoms with E-state index in [1.807, 2.05) is 6.07 Å². The summed E-state index contributed by atoms with van der Waals surface area (Å²) in [6.45, 7) is 3.11. The Bertz CT molecular complexity index is 511. The summed E-state index contributed by atoms with van der Waals surface area (Å²) in [7, 11) is 0. The van der Waals surface area contributed by atoms with Crippen molar-refractivity contribution in [2.75, 3.05) is 11.4 Å². The number of halogens is 2. The zero-order chi connectivity index (χ0) is 13.0. The molecule has 94 valence electrons. The minimum atomic E-state index is 0.878. The van der Waals surface area contributed by atoms with Crippen molar-refractivity contribution in [2.45, 2.75) is 12.3 Å². The fourth-order valence-corrected chi connectivity index (χ4v) is 2.94. The second-order valence-corrected chi connectivity index (χ2v) is 5.41. The van der Waals surface area contributed by atoms with Gasteiger partial charge in [-0.3, -0.25) is 0 Å². The third kappa shape index (κ3) is 2.96. The van der Waals surface area contributed by atoms with Gasteiger partial charge in [-0.15, -0.1) is 0 Å². The van der Waals surface area contributed by atoms with Gasteiger partial charge in [0.25, 0.3) is 0 Å². The Balaban J connectivity index is 2.39. The molecule has 0 aliphatic rings. The van der Waals surface area contributed by atoms with E-state index >= 15 is 0 Å². The van der Waals surface area contributed by atoms with Crippen LogP contribution in [0.15, 0.2) is 53.0 Å². The largest absolute Gasteiger partial charge is 0.341 e. The van der Waals surface area contributed by atoms with E-state index in [1.54, 1.807) is 0 Å². The van der Waals surface area contributed by atoms with Crippen LogP contribution in [-0.4, -0.2) is 6.54 Å². The maximum atomic E-state index is 3.66. The number of anilines is 2. The van der Waals surface area contributed by atoms with Crippen LogP contribution in [0.5, 0.6) is 0 Å². The van der Waals surface area contributed by atoms with Gasteiger partial charge >= 0.3 is 0 Å². The molecule has 2 aromatic carbocycles. The molecule has 2 aromatic rings. The number of nitrogens with zero attached hydrogens (tertiary/aromatic N) is 1. The molecule has 0 fully saturated rings. The van der Waals surface area contributed by atoms with Crippen molar-refractivity contribution >= 4 is 43.2 Å². The fraction of sp³-hybridized carbons (Fsp3) is 0.200. The summed E-state index contributed by atoms with van der Waals surface area (Å²) in [5.41, 5.74) is 3.69. The fourth-order valence-electron chi connectivity index (χ4n) is 1.95. The number of hydrogen-bond acceptors (Lipinski definition) is 1. The minimum Gasteiger partial charge on any atom is -0.341 e. The Labute approximate surface area is 125 Å². The van der Waals surface area contributed by atoms with Crippen molar-refractivity contribution in [3.63, 3.8) is 0 Å². The van der Waals surface area contributed by atoms with Gasteiger partial charge in [-0.1, -0.05) is 40.2 Å². The van der Waals surface area contributed by atoms with E-state index in [0.29, 0.717) is 0 Å². The molecule has 2 rings (SSSR count). The molecule has 0 bridgehead atoms. The first-order chi connectivity index (χ1) is 8.76. The van der Waals surface area contributed by atoms with Gasteiger partial charge in [-0.25, -0.2) is 0 Å². The van der Waals surface area contributed by atoms with E-state index in [-0.39, 0.29) is 0 Å². The van der Waals surface area contributed by atoms with Gasteiger partial charge in [0, 0.05) is 22.0 Å². The number of hydrogen-bond donors (Lipinski definition) is 0. The van der Waals surface area contributed by atoms with Gasteiger partial charge in [0.05, 0.1) is 5.69 Å². The van der Waals surface area contributed by atoms with Crippen molar-refractivity contribution in [3.8, 4) is 0 Å². The van der Waals surface area contributed by atoms with Crippen LogP contribution in [0.2, 0.25) is 0 Å². The maximum absolute atomic E-state index is 3.66. The Morgan fingerprint density at radius 2 is 1.78 bits per heavy atom. The van der Waals surface area contributed by atoms with E-state index in [9.17, 15) is 0 Å². The van der Waals surface area contributed by atoms with Crippen LogP contribution >= 0.6 is 31.9 Å². The van der Waals surface area contributed by atoms with Crippen LogP contribution in [0.4, 0.5) is 11.4 Å². The van der Waals surface area contributed by atoms with Gasteiger partial charge in [-0.2, -0.15) is 0 Å². The quantitative estimate of drug-likeness (QED) is 0.644. The highest BCUT2D eigenvalue weighted by Gasteiger charge is 2.10. The van der Waals surface area contributed by atoms with Gasteiger partial charge in [0.1, 0.15) is 0 Å². The molecule has 0 saturated carbocycles. The maximum Gasteiger partial charge on any atom is 0.0555 e. The Morgan fingerprint density at radius 1 is 1.06 bits per heavy atom. The van der Waals surface area contributed by atoms with Crippen LogP contribution in [0.1, 0.15) is 12.5 Å². The van der Waals surface area contributed by atoms with Gasteiger partial charge < -0.3 is 4.90 Å². The minimum absolute atomic E-state index is 0.878. The molecule has 0 N–H and O–H groups in total. The molecule has 0 aromatic heterocycles. The summed E-state index contributed by atoms with van der Waals surface area (Å²) in [6, 6.07) is 16.9. The molecule has 0 unspecified atom stereocenters. The monoisotopic (exact) mass is 367 g/mol. The summed E-state index contributed by atoms with van der Waals surface area (Å²) in [6.07, 6.45) is 0. The summed E-state index contributed by atoms with van der Waals surface area (Å²) in [4.78, 5) is 2.29. The number of rotatable bonds is 4. The van der Waals surface area contributed by atoms with Gasteiger partial charge in [0.2, 0.25) is 0 Å². The predicted octanol–water partition coefficient (Wildman–Crippen LogP) is 5.50. The lowest BCUT2D eigenvalue weighted by Crippen LogP contribution is -2.16. The summed E-state index contributed by atoms with van der Waals surface area (Å²) in [5.74, 6) is 0. The zero-order valence-corrected chi connectivity index (χ0v) is 13.4. The van der Waals surface area contributed by atoms with Crippen molar-refractivity contribution in [2.24, 2.45) is 0 Å². The summed E-state index contributed by atoms with van der Waals surface area (Å²) >= 11 is 7.14. The first kappa shape index (κ1) is 13.6. The molecule has 0 heterocycles. The molecule has 0 aliphatic heterocycles. The second kappa shape index (κ2) is 6.39. The lowest BCUT2D eigenvalue weighted by atomic mass is 10.2. The molecule has 0 saturated heterocycles. The molecule has 0 atom stereocenters. The van der Waals surface area contributed by atoms with E-state index in [4.69, 9.17) is 0 Å². The highest BCUT2D eigenvalue weighted by Crippen LogP contribution is 2.32. The molecule has 18 heavy (non-hydrogen) atoms. The van der Waals surface area contributed by atoms with E-state index in [2.05, 4.69) is 86.1 Å². The van der Waals surface area contributed by atoms with Gasteiger partial charge in [-0.05, 0) is 52.7 Å². The normalized spacial score (nSPS) is 10.4. The summed E-state index contributed by atoms with van der Waals surface area (Å²) in [5, 5.41) is 0.878. The first-order valence-electron chi connectivity index (χ1n) is 5.93. The van der Waals surface area contributed by atoms with E-state index in [1.165, 1.54) is 16.9 Å². The van der Waals surface area contributed by atoms with E-state index in [0.717, 1.165) is 16.3 Å². The topological polar surface area (TPSA) is 3.24 Å². The molecular weight excluding hydrogens is 354 g/mol. The van der Waals surface area contributed by atoms with Crippen LogP contribution in [0.3, 0.4) is 0 Å². The standard InChI is InChI=1S/C15H15Br2N/c1-2-18(13-6-4-3-5-7-13)15-9-8-12(11-16)10-14(15)17/h3-10H,2,11H2,1H3. The average Bonchev–Trinajstić information content (AvgIpc) is 2.42. The number of para-hydroxylation sites is 1. The average molecular weight is 369 g/mol. The molecule has 0 amide bonds. The molecular formula is C15H15Br2N. The number of benzene rings is 2. The SMILES string of the molecule is CCN(c1ccccc1)c1ccc(CBr)cc1Br. The van der Waals surface area contributed by atoms with Crippen LogP contribution in [0, 0.1) is 0 Å². The van der Waals surface area contributed by atoms with Crippen LogP contribution in [-0.2, 0) is 5.33 Å². The highest BCUT2D eigenvalue weighted by molar-refractivity contribution is 9.10. The van der Waals surface area contributed by atoms with E-state index < -0.39 is 0 Å². The third-order valence-electron chi connectivity index (χ3n) is 2.84. The molecule has 0 spiro atoms. The van der Waals surface area contributed by atoms with Crippen molar-refractivity contribution in [3.05, 3.63) is 58.6 Å². The Hall–Kier alpha value is -0.800. The van der Waals surface area contributed by atoms with Crippen LogP contribution in [0.25, 0.3) is 0 Å². The highest BCUT2D eigenvalue weighted by atomic mass is 79.9. The summed E-state index contributed by atoms with van der Waals surface area (Å²) < 4.78 is 1.13. The smallest absolute Gasteiger partial charge is 0.0555 e. The molecule has 0 aliphatic carbocycles. The molecule has 1 nitrogen and oxygen atoms in total.